The van der Waals surface area contributed by atoms with Gasteiger partial charge >= 0.3 is 0 Å². The van der Waals surface area contributed by atoms with E-state index in [2.05, 4.69) is 9.97 Å². The predicted molar refractivity (Wildman–Crippen MR) is 86.4 cm³/mol. The fourth-order valence-electron chi connectivity index (χ4n) is 2.72. The Labute approximate surface area is 131 Å². The Morgan fingerprint density at radius 3 is 2.82 bits per heavy atom. The van der Waals surface area contributed by atoms with Crippen molar-refractivity contribution in [2.45, 2.75) is 0 Å². The topological polar surface area (TPSA) is 30.7 Å². The van der Waals surface area contributed by atoms with E-state index in [9.17, 15) is 4.39 Å². The minimum absolute atomic E-state index is 0.0955. The van der Waals surface area contributed by atoms with Crippen molar-refractivity contribution in [3.8, 4) is 11.4 Å². The van der Waals surface area contributed by atoms with Gasteiger partial charge in [-0.05, 0) is 11.5 Å². The second-order valence-corrected chi connectivity index (χ2v) is 5.56. The van der Waals surface area contributed by atoms with Crippen molar-refractivity contribution in [2.24, 2.45) is 7.05 Å². The van der Waals surface area contributed by atoms with Gasteiger partial charge in [0.25, 0.3) is 0 Å². The summed E-state index contributed by atoms with van der Waals surface area (Å²) in [6.45, 7) is 0. The van der Waals surface area contributed by atoms with Gasteiger partial charge in [-0.25, -0.2) is 9.37 Å². The molecule has 108 valence electrons. The molecule has 22 heavy (non-hydrogen) atoms. The first-order valence-corrected chi connectivity index (χ1v) is 7.17. The number of imidazole rings is 1. The Kier molecular flexibility index (Phi) is 2.87. The van der Waals surface area contributed by atoms with Crippen molar-refractivity contribution >= 4 is 33.4 Å². The number of benzene rings is 2. The van der Waals surface area contributed by atoms with Crippen molar-refractivity contribution in [1.29, 1.82) is 0 Å². The molecule has 3 nitrogen and oxygen atoms in total. The molecule has 0 fully saturated rings. The summed E-state index contributed by atoms with van der Waals surface area (Å²) >= 11 is 5.88. The number of halogens is 2. The smallest absolute Gasteiger partial charge is 0.144 e. The molecule has 0 bridgehead atoms. The van der Waals surface area contributed by atoms with Crippen LogP contribution >= 0.6 is 11.6 Å². The van der Waals surface area contributed by atoms with E-state index in [-0.39, 0.29) is 5.02 Å². The molecular weight excluding hydrogens is 301 g/mol. The van der Waals surface area contributed by atoms with Crippen molar-refractivity contribution in [3.63, 3.8) is 0 Å². The van der Waals surface area contributed by atoms with E-state index in [1.807, 2.05) is 42.1 Å². The van der Waals surface area contributed by atoms with Gasteiger partial charge in [0, 0.05) is 36.5 Å². The largest absolute Gasteiger partial charge is 0.327 e. The minimum atomic E-state index is -0.463. The van der Waals surface area contributed by atoms with Gasteiger partial charge in [-0.2, -0.15) is 0 Å². The highest BCUT2D eigenvalue weighted by Gasteiger charge is 2.14. The average molecular weight is 312 g/mol. The van der Waals surface area contributed by atoms with Crippen LogP contribution in [0.25, 0.3) is 33.2 Å². The molecule has 0 amide bonds. The number of aromatic nitrogens is 3. The van der Waals surface area contributed by atoms with E-state index in [1.54, 1.807) is 12.3 Å². The highest BCUT2D eigenvalue weighted by atomic mass is 35.5. The average Bonchev–Trinajstić information content (AvgIpc) is 2.84. The minimum Gasteiger partial charge on any atom is -0.327 e. The lowest BCUT2D eigenvalue weighted by Crippen LogP contribution is -1.94. The molecule has 2 aromatic carbocycles. The van der Waals surface area contributed by atoms with Crippen LogP contribution in [0.15, 0.2) is 48.8 Å². The van der Waals surface area contributed by atoms with Gasteiger partial charge in [-0.1, -0.05) is 35.9 Å². The van der Waals surface area contributed by atoms with Crippen LogP contribution in [-0.4, -0.2) is 14.5 Å². The monoisotopic (exact) mass is 311 g/mol. The number of aryl methyl sites for hydroxylation is 1. The molecule has 0 aliphatic heterocycles. The normalized spacial score (nSPS) is 11.4. The highest BCUT2D eigenvalue weighted by molar-refractivity contribution is 6.31. The molecule has 0 spiro atoms. The number of rotatable bonds is 1. The summed E-state index contributed by atoms with van der Waals surface area (Å²) in [7, 11) is 1.89. The maximum absolute atomic E-state index is 13.7. The standard InChI is InChI=1S/C17H11ClFN3/c1-22-16-6-13(18)14(19)7-15(16)21-17(22)12-9-20-8-10-4-2-3-5-11(10)12/h2-9H,1H3. The number of pyridine rings is 1. The first-order valence-electron chi connectivity index (χ1n) is 6.80. The molecule has 0 saturated carbocycles. The fourth-order valence-corrected chi connectivity index (χ4v) is 2.88. The van der Waals surface area contributed by atoms with E-state index in [4.69, 9.17) is 11.6 Å². The van der Waals surface area contributed by atoms with Crippen LogP contribution in [0.2, 0.25) is 5.02 Å². The Morgan fingerprint density at radius 1 is 1.14 bits per heavy atom. The molecule has 0 radical (unpaired) electrons. The van der Waals surface area contributed by atoms with E-state index in [1.165, 1.54) is 6.07 Å². The molecule has 0 aliphatic rings. The van der Waals surface area contributed by atoms with Crippen molar-refractivity contribution in [3.05, 3.63) is 59.6 Å². The molecule has 0 unspecified atom stereocenters. The molecule has 2 aromatic heterocycles. The third kappa shape index (κ3) is 1.88. The van der Waals surface area contributed by atoms with Crippen LogP contribution in [0.1, 0.15) is 0 Å². The molecule has 0 saturated heterocycles. The lowest BCUT2D eigenvalue weighted by molar-refractivity contribution is 0.630. The van der Waals surface area contributed by atoms with Crippen LogP contribution in [0, 0.1) is 5.82 Å². The predicted octanol–water partition coefficient (Wildman–Crippen LogP) is 4.58. The summed E-state index contributed by atoms with van der Waals surface area (Å²) in [6, 6.07) is 10.9. The van der Waals surface area contributed by atoms with Gasteiger partial charge in [0.05, 0.1) is 16.1 Å². The van der Waals surface area contributed by atoms with Crippen LogP contribution in [-0.2, 0) is 7.05 Å². The zero-order chi connectivity index (χ0) is 15.3. The number of hydrogen-bond acceptors (Lipinski definition) is 2. The zero-order valence-corrected chi connectivity index (χ0v) is 12.5. The second kappa shape index (κ2) is 4.78. The first-order chi connectivity index (χ1) is 10.6. The van der Waals surface area contributed by atoms with Gasteiger partial charge < -0.3 is 4.57 Å². The van der Waals surface area contributed by atoms with Crippen LogP contribution < -0.4 is 0 Å². The Balaban J connectivity index is 2.07. The molecule has 4 rings (SSSR count). The fraction of sp³-hybridized carbons (Fsp3) is 0.0588. The summed E-state index contributed by atoms with van der Waals surface area (Å²) in [5.41, 5.74) is 2.27. The number of hydrogen-bond donors (Lipinski definition) is 0. The molecule has 4 aromatic rings. The summed E-state index contributed by atoms with van der Waals surface area (Å²) in [4.78, 5) is 8.84. The summed E-state index contributed by atoms with van der Waals surface area (Å²) < 4.78 is 15.6. The van der Waals surface area contributed by atoms with Crippen LogP contribution in [0.3, 0.4) is 0 Å². The summed E-state index contributed by atoms with van der Waals surface area (Å²) in [6.07, 6.45) is 3.60. The maximum Gasteiger partial charge on any atom is 0.144 e. The van der Waals surface area contributed by atoms with Gasteiger partial charge in [-0.3, -0.25) is 4.98 Å². The Hall–Kier alpha value is -2.46. The lowest BCUT2D eigenvalue weighted by atomic mass is 10.1. The van der Waals surface area contributed by atoms with Crippen LogP contribution in [0.5, 0.6) is 0 Å². The summed E-state index contributed by atoms with van der Waals surface area (Å²) in [5, 5.41) is 2.19. The van der Waals surface area contributed by atoms with Crippen molar-refractivity contribution in [2.75, 3.05) is 0 Å². The quantitative estimate of drug-likeness (QED) is 0.515. The van der Waals surface area contributed by atoms with Gasteiger partial charge in [0.1, 0.15) is 11.6 Å². The van der Waals surface area contributed by atoms with E-state index in [0.717, 1.165) is 27.7 Å². The molecule has 0 atom stereocenters. The zero-order valence-electron chi connectivity index (χ0n) is 11.7. The SMILES string of the molecule is Cn1c(-c2cncc3ccccc23)nc2cc(F)c(Cl)cc21. The van der Waals surface area contributed by atoms with Gasteiger partial charge in [-0.15, -0.1) is 0 Å². The number of fused-ring (bicyclic) bond motifs is 2. The molecule has 0 N–H and O–H groups in total. The van der Waals surface area contributed by atoms with E-state index >= 15 is 0 Å². The second-order valence-electron chi connectivity index (χ2n) is 5.16. The molecular formula is C17H11ClFN3. The van der Waals surface area contributed by atoms with Crippen molar-refractivity contribution < 1.29 is 4.39 Å². The first kappa shape index (κ1) is 13.2. The van der Waals surface area contributed by atoms with Crippen molar-refractivity contribution in [1.82, 2.24) is 14.5 Å². The van der Waals surface area contributed by atoms with Gasteiger partial charge in [0.2, 0.25) is 0 Å². The third-order valence-electron chi connectivity index (χ3n) is 3.83. The Morgan fingerprint density at radius 2 is 1.95 bits per heavy atom. The van der Waals surface area contributed by atoms with Crippen LogP contribution in [0.4, 0.5) is 4.39 Å². The molecule has 2 heterocycles. The lowest BCUT2D eigenvalue weighted by Gasteiger charge is -2.06. The maximum atomic E-state index is 13.7. The molecule has 5 heteroatoms. The summed E-state index contributed by atoms with van der Waals surface area (Å²) in [5.74, 6) is 0.274. The Bertz CT molecular complexity index is 1020. The van der Waals surface area contributed by atoms with Gasteiger partial charge in [0.15, 0.2) is 0 Å². The third-order valence-corrected chi connectivity index (χ3v) is 4.12. The van der Waals surface area contributed by atoms with E-state index in [0.29, 0.717) is 5.52 Å². The molecule has 0 aliphatic carbocycles. The highest BCUT2D eigenvalue weighted by Crippen LogP contribution is 2.31. The van der Waals surface area contributed by atoms with E-state index < -0.39 is 5.82 Å². The number of nitrogens with zero attached hydrogens (tertiary/aromatic N) is 3.